The van der Waals surface area contributed by atoms with Crippen molar-refractivity contribution in [2.45, 2.75) is 38.6 Å². The average Bonchev–Trinajstić information content (AvgIpc) is 2.56. The molecule has 0 heterocycles. The van der Waals surface area contributed by atoms with Gasteiger partial charge in [0.25, 0.3) is 0 Å². The Balaban J connectivity index is 0.00000312. The number of halogens is 1. The molecule has 1 amide bonds. The lowest BCUT2D eigenvalue weighted by Gasteiger charge is -2.36. The molecule has 0 bridgehead atoms. The molecule has 1 aromatic rings. The van der Waals surface area contributed by atoms with Gasteiger partial charge in [-0.1, -0.05) is 19.1 Å². The van der Waals surface area contributed by atoms with Crippen molar-refractivity contribution in [3.8, 4) is 5.75 Å². The summed E-state index contributed by atoms with van der Waals surface area (Å²) >= 11 is 0. The van der Waals surface area contributed by atoms with Crippen LogP contribution in [0.25, 0.3) is 6.08 Å². The number of likely N-dealkylation sites (N-methyl/N-ethyl adjacent to an activating group) is 1. The number of phenolic OH excluding ortho intramolecular Hbond substituents is 1. The van der Waals surface area contributed by atoms with Gasteiger partial charge in [0.2, 0.25) is 5.91 Å². The summed E-state index contributed by atoms with van der Waals surface area (Å²) in [5.74, 6) is 1.10. The highest BCUT2D eigenvalue weighted by Crippen LogP contribution is 2.27. The van der Waals surface area contributed by atoms with Gasteiger partial charge in [-0.3, -0.25) is 4.79 Å². The number of nitrogens with zero attached hydrogens (tertiary/aromatic N) is 2. The Morgan fingerprint density at radius 2 is 1.72 bits per heavy atom. The van der Waals surface area contributed by atoms with E-state index < -0.39 is 0 Å². The van der Waals surface area contributed by atoms with E-state index in [1.165, 1.54) is 12.8 Å². The number of hydrogen-bond acceptors (Lipinski definition) is 3. The fourth-order valence-electron chi connectivity index (χ4n) is 3.18. The Bertz CT molecular complexity index is 549. The molecule has 0 atom stereocenters. The van der Waals surface area contributed by atoms with Crippen LogP contribution in [0.5, 0.6) is 5.75 Å². The van der Waals surface area contributed by atoms with Gasteiger partial charge in [0.05, 0.1) is 0 Å². The monoisotopic (exact) mass is 366 g/mol. The number of benzene rings is 1. The van der Waals surface area contributed by atoms with Gasteiger partial charge in [-0.15, -0.1) is 12.4 Å². The SMILES string of the molecule is CN(C)CCN(C(=O)/C=C/c1ccc(O)cc1)[C@H]1CC[C@H](C)CC1.Cl. The van der Waals surface area contributed by atoms with Gasteiger partial charge < -0.3 is 14.9 Å². The number of phenols is 1. The average molecular weight is 367 g/mol. The maximum Gasteiger partial charge on any atom is 0.246 e. The van der Waals surface area contributed by atoms with Crippen LogP contribution in [-0.2, 0) is 4.79 Å². The summed E-state index contributed by atoms with van der Waals surface area (Å²) < 4.78 is 0. The van der Waals surface area contributed by atoms with Crippen LogP contribution in [0.4, 0.5) is 0 Å². The van der Waals surface area contributed by atoms with Crippen molar-refractivity contribution in [2.75, 3.05) is 27.2 Å². The van der Waals surface area contributed by atoms with Crippen LogP contribution in [0.15, 0.2) is 30.3 Å². The van der Waals surface area contributed by atoms with Gasteiger partial charge in [-0.2, -0.15) is 0 Å². The fraction of sp³-hybridized carbons (Fsp3) is 0.550. The van der Waals surface area contributed by atoms with Crippen LogP contribution in [0, 0.1) is 5.92 Å². The fourth-order valence-corrected chi connectivity index (χ4v) is 3.18. The zero-order valence-corrected chi connectivity index (χ0v) is 16.3. The molecule has 1 aromatic carbocycles. The smallest absolute Gasteiger partial charge is 0.246 e. The Morgan fingerprint density at radius 1 is 1.12 bits per heavy atom. The second kappa shape index (κ2) is 10.5. The van der Waals surface area contributed by atoms with Crippen LogP contribution in [0.1, 0.15) is 38.2 Å². The summed E-state index contributed by atoms with van der Waals surface area (Å²) in [6, 6.07) is 7.25. The molecule has 140 valence electrons. The lowest BCUT2D eigenvalue weighted by molar-refractivity contribution is -0.129. The van der Waals surface area contributed by atoms with E-state index in [0.29, 0.717) is 6.04 Å². The van der Waals surface area contributed by atoms with Crippen molar-refractivity contribution < 1.29 is 9.90 Å². The summed E-state index contributed by atoms with van der Waals surface area (Å²) in [5.41, 5.74) is 0.922. The minimum absolute atomic E-state index is 0. The Labute approximate surface area is 157 Å². The second-order valence-corrected chi connectivity index (χ2v) is 7.17. The number of amides is 1. The molecule has 1 aliphatic carbocycles. The summed E-state index contributed by atoms with van der Waals surface area (Å²) in [5, 5.41) is 9.33. The number of rotatable bonds is 6. The highest BCUT2D eigenvalue weighted by Gasteiger charge is 2.26. The van der Waals surface area contributed by atoms with Crippen molar-refractivity contribution in [1.82, 2.24) is 9.80 Å². The number of carbonyl (C=O) groups is 1. The molecule has 1 saturated carbocycles. The Hall–Kier alpha value is -1.52. The standard InChI is InChI=1S/C20H30N2O2.ClH/c1-16-4-9-18(10-5-16)22(15-14-21(2)3)20(24)13-8-17-6-11-19(23)12-7-17;/h6-8,11-13,16,18,23H,4-5,9-10,14-15H2,1-3H3;1H/b13-8+;/t16-,18-;. The minimum atomic E-state index is 0. The van der Waals surface area contributed by atoms with Crippen LogP contribution in [0.3, 0.4) is 0 Å². The van der Waals surface area contributed by atoms with E-state index in [9.17, 15) is 9.90 Å². The first-order valence-corrected chi connectivity index (χ1v) is 8.88. The highest BCUT2D eigenvalue weighted by molar-refractivity contribution is 5.92. The Morgan fingerprint density at radius 3 is 2.28 bits per heavy atom. The molecular weight excluding hydrogens is 336 g/mol. The van der Waals surface area contributed by atoms with E-state index in [1.54, 1.807) is 18.2 Å². The van der Waals surface area contributed by atoms with Crippen molar-refractivity contribution >= 4 is 24.4 Å². The molecule has 0 saturated heterocycles. The van der Waals surface area contributed by atoms with Gasteiger partial charge in [-0.05, 0) is 69.5 Å². The summed E-state index contributed by atoms with van der Waals surface area (Å²) in [6.45, 7) is 3.95. The molecule has 0 aliphatic heterocycles. The maximum atomic E-state index is 12.7. The lowest BCUT2D eigenvalue weighted by Crippen LogP contribution is -2.44. The van der Waals surface area contributed by atoms with Gasteiger partial charge in [-0.25, -0.2) is 0 Å². The number of aromatic hydroxyl groups is 1. The van der Waals surface area contributed by atoms with Crippen molar-refractivity contribution in [3.05, 3.63) is 35.9 Å². The summed E-state index contributed by atoms with van der Waals surface area (Å²) in [4.78, 5) is 16.9. The molecule has 0 spiro atoms. The molecule has 0 radical (unpaired) electrons. The van der Waals surface area contributed by atoms with E-state index in [4.69, 9.17) is 0 Å². The second-order valence-electron chi connectivity index (χ2n) is 7.17. The van der Waals surface area contributed by atoms with E-state index in [0.717, 1.165) is 37.4 Å². The van der Waals surface area contributed by atoms with Crippen LogP contribution in [-0.4, -0.2) is 54.0 Å². The minimum Gasteiger partial charge on any atom is -0.508 e. The predicted octanol–water partition coefficient (Wildman–Crippen LogP) is 3.80. The van der Waals surface area contributed by atoms with Crippen molar-refractivity contribution in [3.63, 3.8) is 0 Å². The Kier molecular flexibility index (Phi) is 9.01. The first-order valence-electron chi connectivity index (χ1n) is 8.88. The van der Waals surface area contributed by atoms with Crippen molar-refractivity contribution in [1.29, 1.82) is 0 Å². The summed E-state index contributed by atoms with van der Waals surface area (Å²) in [7, 11) is 4.08. The topological polar surface area (TPSA) is 43.8 Å². The zero-order valence-electron chi connectivity index (χ0n) is 15.5. The van der Waals surface area contributed by atoms with Crippen LogP contribution < -0.4 is 0 Å². The molecule has 25 heavy (non-hydrogen) atoms. The highest BCUT2D eigenvalue weighted by atomic mass is 35.5. The van der Waals surface area contributed by atoms with E-state index >= 15 is 0 Å². The molecule has 4 nitrogen and oxygen atoms in total. The normalized spacial score (nSPS) is 20.5. The summed E-state index contributed by atoms with van der Waals surface area (Å²) in [6.07, 6.45) is 8.12. The number of carbonyl (C=O) groups excluding carboxylic acids is 1. The third kappa shape index (κ3) is 7.09. The van der Waals surface area contributed by atoms with E-state index in [-0.39, 0.29) is 24.1 Å². The van der Waals surface area contributed by atoms with Crippen LogP contribution in [0.2, 0.25) is 0 Å². The van der Waals surface area contributed by atoms with Gasteiger partial charge >= 0.3 is 0 Å². The molecule has 1 fully saturated rings. The maximum absolute atomic E-state index is 12.7. The van der Waals surface area contributed by atoms with E-state index in [1.807, 2.05) is 37.2 Å². The predicted molar refractivity (Wildman–Crippen MR) is 106 cm³/mol. The molecule has 1 aliphatic rings. The third-order valence-electron chi connectivity index (χ3n) is 4.81. The molecule has 1 N–H and O–H groups in total. The third-order valence-corrected chi connectivity index (χ3v) is 4.81. The van der Waals surface area contributed by atoms with Gasteiger partial charge in [0.1, 0.15) is 5.75 Å². The first kappa shape index (κ1) is 21.5. The largest absolute Gasteiger partial charge is 0.508 e. The quantitative estimate of drug-likeness (QED) is 0.779. The van der Waals surface area contributed by atoms with Gasteiger partial charge in [0.15, 0.2) is 0 Å². The molecule has 5 heteroatoms. The molecule has 0 aromatic heterocycles. The van der Waals surface area contributed by atoms with Crippen LogP contribution >= 0.6 is 12.4 Å². The molecule has 0 unspecified atom stereocenters. The molecule has 2 rings (SSSR count). The molecular formula is C20H31ClN2O2. The lowest BCUT2D eigenvalue weighted by atomic mass is 9.86. The number of hydrogen-bond donors (Lipinski definition) is 1. The van der Waals surface area contributed by atoms with E-state index in [2.05, 4.69) is 11.8 Å². The first-order chi connectivity index (χ1) is 11.5. The van der Waals surface area contributed by atoms with Gasteiger partial charge in [0, 0.05) is 25.2 Å². The zero-order chi connectivity index (χ0) is 17.5. The van der Waals surface area contributed by atoms with Crippen molar-refractivity contribution in [2.24, 2.45) is 5.92 Å².